The van der Waals surface area contributed by atoms with Crippen molar-refractivity contribution in [2.24, 2.45) is 0 Å². The average Bonchev–Trinajstić information content (AvgIpc) is 2.72. The van der Waals surface area contributed by atoms with Gasteiger partial charge in [-0.25, -0.2) is 17.5 Å². The predicted molar refractivity (Wildman–Crippen MR) is 112 cm³/mol. The molecule has 0 saturated heterocycles. The summed E-state index contributed by atoms with van der Waals surface area (Å²) in [5.74, 6) is 0.527. The second-order valence-electron chi connectivity index (χ2n) is 7.40. The zero-order chi connectivity index (χ0) is 20.7. The third-order valence-corrected chi connectivity index (χ3v) is 6.84. The lowest BCUT2D eigenvalue weighted by Gasteiger charge is -2.27. The van der Waals surface area contributed by atoms with Gasteiger partial charge in [0.05, 0.1) is 12.0 Å². The minimum absolute atomic E-state index is 0.0913. The maximum atomic E-state index is 12.9. The number of unbranched alkanes of at least 4 members (excludes halogenated alkanes) is 2. The quantitative estimate of drug-likeness (QED) is 0.578. The molecule has 1 aliphatic carbocycles. The van der Waals surface area contributed by atoms with Gasteiger partial charge in [0, 0.05) is 12.6 Å². The van der Waals surface area contributed by atoms with Crippen molar-refractivity contribution in [3.63, 3.8) is 0 Å². The monoisotopic (exact) mass is 420 g/mol. The molecule has 5 nitrogen and oxygen atoms in total. The van der Waals surface area contributed by atoms with Crippen LogP contribution >= 0.6 is 0 Å². The Morgan fingerprint density at radius 1 is 1.07 bits per heavy atom. The lowest BCUT2D eigenvalue weighted by Crippen LogP contribution is -2.35. The molecule has 1 unspecified atom stereocenters. The van der Waals surface area contributed by atoms with Crippen molar-refractivity contribution in [1.82, 2.24) is 10.0 Å². The number of hydrogen-bond acceptors (Lipinski definition) is 4. The number of nitrogens with one attached hydrogen (secondary N) is 2. The van der Waals surface area contributed by atoms with Crippen molar-refractivity contribution in [3.8, 4) is 5.75 Å². The highest BCUT2D eigenvalue weighted by Crippen LogP contribution is 2.29. The Hall–Kier alpha value is -1.96. The van der Waals surface area contributed by atoms with E-state index in [1.807, 2.05) is 6.07 Å². The molecule has 1 atom stereocenters. The van der Waals surface area contributed by atoms with Gasteiger partial charge in [0.15, 0.2) is 0 Å². The second kappa shape index (κ2) is 10.2. The van der Waals surface area contributed by atoms with E-state index < -0.39 is 15.8 Å². The first-order valence-electron chi connectivity index (χ1n) is 10.1. The molecule has 7 heteroatoms. The van der Waals surface area contributed by atoms with Gasteiger partial charge >= 0.3 is 0 Å². The summed E-state index contributed by atoms with van der Waals surface area (Å²) in [5.41, 5.74) is 2.70. The van der Waals surface area contributed by atoms with E-state index in [1.165, 1.54) is 23.3 Å². The molecule has 1 aliphatic rings. The number of aryl methyl sites for hydroxylation is 1. The van der Waals surface area contributed by atoms with Crippen LogP contribution in [0.5, 0.6) is 5.75 Å². The smallest absolute Gasteiger partial charge is 0.240 e. The van der Waals surface area contributed by atoms with E-state index in [1.54, 1.807) is 7.11 Å². The van der Waals surface area contributed by atoms with Gasteiger partial charge in [-0.1, -0.05) is 18.6 Å². The molecule has 2 aromatic rings. The summed E-state index contributed by atoms with van der Waals surface area (Å²) in [6.45, 7) is 1.30. The molecular weight excluding hydrogens is 391 g/mol. The molecule has 0 heterocycles. The molecular formula is C22H29FN2O3S. The van der Waals surface area contributed by atoms with E-state index in [0.29, 0.717) is 12.6 Å². The van der Waals surface area contributed by atoms with E-state index in [-0.39, 0.29) is 4.90 Å². The number of hydrogen-bond donors (Lipinski definition) is 2. The van der Waals surface area contributed by atoms with Gasteiger partial charge in [-0.2, -0.15) is 0 Å². The van der Waals surface area contributed by atoms with Crippen LogP contribution in [0, 0.1) is 5.82 Å². The van der Waals surface area contributed by atoms with Crippen LogP contribution in [-0.4, -0.2) is 34.7 Å². The summed E-state index contributed by atoms with van der Waals surface area (Å²) in [6, 6.07) is 11.6. The van der Waals surface area contributed by atoms with Crippen molar-refractivity contribution >= 4 is 10.0 Å². The first kappa shape index (κ1) is 21.7. The largest absolute Gasteiger partial charge is 0.496 e. The molecule has 0 aliphatic heterocycles. The Morgan fingerprint density at radius 2 is 1.83 bits per heavy atom. The summed E-state index contributed by atoms with van der Waals surface area (Å²) in [5, 5.41) is 3.62. The molecule has 2 aromatic carbocycles. The SMILES string of the molecule is COc1cccc2c1CC(NCCCCCNS(=O)(=O)c1ccc(F)cc1)CC2. The third-order valence-electron chi connectivity index (χ3n) is 5.37. The Morgan fingerprint density at radius 3 is 2.59 bits per heavy atom. The van der Waals surface area contributed by atoms with Crippen LogP contribution < -0.4 is 14.8 Å². The molecule has 0 spiro atoms. The van der Waals surface area contributed by atoms with E-state index in [4.69, 9.17) is 4.74 Å². The highest BCUT2D eigenvalue weighted by Gasteiger charge is 2.20. The van der Waals surface area contributed by atoms with E-state index in [0.717, 1.165) is 63.0 Å². The fourth-order valence-corrected chi connectivity index (χ4v) is 4.83. The highest BCUT2D eigenvalue weighted by atomic mass is 32.2. The van der Waals surface area contributed by atoms with E-state index >= 15 is 0 Å². The van der Waals surface area contributed by atoms with Crippen LogP contribution in [0.1, 0.15) is 36.8 Å². The lowest BCUT2D eigenvalue weighted by atomic mass is 9.87. The minimum atomic E-state index is -3.57. The molecule has 0 fully saturated rings. The van der Waals surface area contributed by atoms with Gasteiger partial charge in [-0.15, -0.1) is 0 Å². The summed E-state index contributed by atoms with van der Waals surface area (Å²) >= 11 is 0. The number of fused-ring (bicyclic) bond motifs is 1. The van der Waals surface area contributed by atoms with Gasteiger partial charge in [0.25, 0.3) is 0 Å². The zero-order valence-electron chi connectivity index (χ0n) is 16.8. The van der Waals surface area contributed by atoms with Gasteiger partial charge in [-0.3, -0.25) is 0 Å². The first-order valence-corrected chi connectivity index (χ1v) is 11.6. The molecule has 158 valence electrons. The minimum Gasteiger partial charge on any atom is -0.496 e. The number of sulfonamides is 1. The topological polar surface area (TPSA) is 67.4 Å². The van der Waals surface area contributed by atoms with Crippen molar-refractivity contribution in [3.05, 3.63) is 59.4 Å². The van der Waals surface area contributed by atoms with Crippen LogP contribution in [0.15, 0.2) is 47.4 Å². The molecule has 3 rings (SSSR count). The van der Waals surface area contributed by atoms with Crippen molar-refractivity contribution in [2.45, 2.75) is 49.5 Å². The molecule has 29 heavy (non-hydrogen) atoms. The third kappa shape index (κ3) is 6.01. The fraction of sp³-hybridized carbons (Fsp3) is 0.455. The molecule has 0 aromatic heterocycles. The average molecular weight is 421 g/mol. The maximum absolute atomic E-state index is 12.9. The van der Waals surface area contributed by atoms with Crippen LogP contribution in [0.3, 0.4) is 0 Å². The van der Waals surface area contributed by atoms with E-state index in [9.17, 15) is 12.8 Å². The number of ether oxygens (including phenoxy) is 1. The van der Waals surface area contributed by atoms with E-state index in [2.05, 4.69) is 22.2 Å². The van der Waals surface area contributed by atoms with Crippen molar-refractivity contribution in [2.75, 3.05) is 20.2 Å². The van der Waals surface area contributed by atoms with Gasteiger partial charge in [0.2, 0.25) is 10.0 Å². The number of halogens is 1. The molecule has 2 N–H and O–H groups in total. The molecule has 0 saturated carbocycles. The normalized spacial score (nSPS) is 16.4. The Bertz CT molecular complexity index is 887. The Labute approximate surface area is 172 Å². The zero-order valence-corrected chi connectivity index (χ0v) is 17.6. The van der Waals surface area contributed by atoms with Crippen LogP contribution in [0.4, 0.5) is 4.39 Å². The number of benzene rings is 2. The molecule has 0 bridgehead atoms. The standard InChI is InChI=1S/C22H29FN2O3S/c1-28-22-7-5-6-17-8-11-19(16-21(17)22)24-14-3-2-4-15-25-29(26,27)20-12-9-18(23)10-13-20/h5-7,9-10,12-13,19,24-25H,2-4,8,11,14-16H2,1H3. The maximum Gasteiger partial charge on any atom is 0.240 e. The summed E-state index contributed by atoms with van der Waals surface area (Å²) in [7, 11) is -1.85. The number of rotatable bonds is 10. The Balaban J connectivity index is 1.33. The van der Waals surface area contributed by atoms with Crippen molar-refractivity contribution < 1.29 is 17.5 Å². The highest BCUT2D eigenvalue weighted by molar-refractivity contribution is 7.89. The van der Waals surface area contributed by atoms with Gasteiger partial charge in [0.1, 0.15) is 11.6 Å². The second-order valence-corrected chi connectivity index (χ2v) is 9.17. The molecule has 0 radical (unpaired) electrons. The summed E-state index contributed by atoms with van der Waals surface area (Å²) < 4.78 is 45.3. The van der Waals surface area contributed by atoms with Crippen LogP contribution in [-0.2, 0) is 22.9 Å². The summed E-state index contributed by atoms with van der Waals surface area (Å²) in [4.78, 5) is 0.0913. The molecule has 0 amide bonds. The lowest BCUT2D eigenvalue weighted by molar-refractivity contribution is 0.393. The van der Waals surface area contributed by atoms with Crippen LogP contribution in [0.25, 0.3) is 0 Å². The van der Waals surface area contributed by atoms with Gasteiger partial charge in [-0.05, 0) is 80.1 Å². The summed E-state index contributed by atoms with van der Waals surface area (Å²) in [6.07, 6.45) is 5.87. The van der Waals surface area contributed by atoms with Gasteiger partial charge < -0.3 is 10.1 Å². The van der Waals surface area contributed by atoms with Crippen molar-refractivity contribution in [1.29, 1.82) is 0 Å². The Kier molecular flexibility index (Phi) is 7.64. The predicted octanol–water partition coefficient (Wildman–Crippen LogP) is 3.43. The van der Waals surface area contributed by atoms with Crippen LogP contribution in [0.2, 0.25) is 0 Å². The number of methoxy groups -OCH3 is 1. The first-order chi connectivity index (χ1) is 14.0. The fourth-order valence-electron chi connectivity index (χ4n) is 3.76.